The summed E-state index contributed by atoms with van der Waals surface area (Å²) in [6, 6.07) is 5.50. The number of nitrogens with one attached hydrogen (secondary N) is 1. The molecule has 2 aliphatic rings. The van der Waals surface area contributed by atoms with Crippen LogP contribution >= 0.6 is 0 Å². The largest absolute Gasteiger partial charge is 0.511 e. The Morgan fingerprint density at radius 2 is 2.04 bits per heavy atom. The number of Topliss-reactive ketones (excluding diaryl/α,β-unsaturated/α-hetero) is 1. The van der Waals surface area contributed by atoms with Crippen molar-refractivity contribution in [2.24, 2.45) is 16.3 Å². The van der Waals surface area contributed by atoms with E-state index in [0.717, 1.165) is 24.1 Å². The number of hydrogen-bond acceptors (Lipinski definition) is 4. The molecule has 1 amide bonds. The number of carbonyl (C=O) groups excluding carboxylic acids is 2. The summed E-state index contributed by atoms with van der Waals surface area (Å²) in [6.07, 6.45) is 4.22. The van der Waals surface area contributed by atoms with E-state index in [1.54, 1.807) is 0 Å². The van der Waals surface area contributed by atoms with Crippen LogP contribution < -0.4 is 5.32 Å². The average Bonchev–Trinajstić information content (AvgIpc) is 3.33. The molecule has 5 heteroatoms. The third-order valence-electron chi connectivity index (χ3n) is 4.74. The molecule has 3 rings (SSSR count). The van der Waals surface area contributed by atoms with E-state index in [0.29, 0.717) is 18.5 Å². The number of aliphatic imine (C=N–C) groups is 1. The van der Waals surface area contributed by atoms with Gasteiger partial charge in [-0.3, -0.25) is 14.6 Å². The number of anilines is 1. The van der Waals surface area contributed by atoms with Crippen LogP contribution in [0.4, 0.5) is 11.4 Å². The van der Waals surface area contributed by atoms with Crippen molar-refractivity contribution in [2.75, 3.05) is 5.32 Å². The molecule has 1 aromatic carbocycles. The summed E-state index contributed by atoms with van der Waals surface area (Å²) in [5.74, 6) is 0.195. The van der Waals surface area contributed by atoms with E-state index in [1.165, 1.54) is 6.21 Å². The minimum atomic E-state index is -0.221. The van der Waals surface area contributed by atoms with E-state index in [9.17, 15) is 14.7 Å². The van der Waals surface area contributed by atoms with Gasteiger partial charge in [0.25, 0.3) is 0 Å². The van der Waals surface area contributed by atoms with Gasteiger partial charge in [-0.25, -0.2) is 0 Å². The predicted molar refractivity (Wildman–Crippen MR) is 98.4 cm³/mol. The Balaban J connectivity index is 1.81. The van der Waals surface area contributed by atoms with E-state index >= 15 is 0 Å². The van der Waals surface area contributed by atoms with Gasteiger partial charge in [-0.2, -0.15) is 0 Å². The van der Waals surface area contributed by atoms with Crippen molar-refractivity contribution < 1.29 is 14.7 Å². The second-order valence-corrected chi connectivity index (χ2v) is 7.77. The SMILES string of the molecule is Cc1c(N=CC2=C(O)CC(C)(C)CC2=O)cccc1NC(=O)C1CC1. The third-order valence-corrected chi connectivity index (χ3v) is 4.74. The van der Waals surface area contributed by atoms with E-state index in [4.69, 9.17) is 0 Å². The number of allylic oxidation sites excluding steroid dienone is 2. The monoisotopic (exact) mass is 340 g/mol. The van der Waals surface area contributed by atoms with Gasteiger partial charge in [-0.15, -0.1) is 0 Å². The maximum Gasteiger partial charge on any atom is 0.227 e. The maximum atomic E-state index is 12.3. The Labute approximate surface area is 147 Å². The van der Waals surface area contributed by atoms with E-state index in [2.05, 4.69) is 10.3 Å². The molecule has 0 spiro atoms. The first-order valence-corrected chi connectivity index (χ1v) is 8.67. The average molecular weight is 340 g/mol. The van der Waals surface area contributed by atoms with Crippen molar-refractivity contribution >= 4 is 29.3 Å². The Hall–Kier alpha value is -2.43. The molecule has 1 aromatic rings. The number of amides is 1. The van der Waals surface area contributed by atoms with Crippen LogP contribution in [-0.4, -0.2) is 23.0 Å². The van der Waals surface area contributed by atoms with Crippen LogP contribution in [-0.2, 0) is 9.59 Å². The highest BCUT2D eigenvalue weighted by atomic mass is 16.3. The summed E-state index contributed by atoms with van der Waals surface area (Å²) < 4.78 is 0. The molecule has 0 atom stereocenters. The highest BCUT2D eigenvalue weighted by molar-refractivity contribution is 6.15. The summed E-state index contributed by atoms with van der Waals surface area (Å²) >= 11 is 0. The van der Waals surface area contributed by atoms with E-state index in [1.807, 2.05) is 39.0 Å². The number of aliphatic hydroxyl groups is 1. The number of rotatable bonds is 4. The fourth-order valence-electron chi connectivity index (χ4n) is 3.06. The van der Waals surface area contributed by atoms with Crippen LogP contribution in [0, 0.1) is 18.3 Å². The second-order valence-electron chi connectivity index (χ2n) is 7.77. The lowest BCUT2D eigenvalue weighted by Gasteiger charge is -2.28. The molecule has 0 bridgehead atoms. The quantitative estimate of drug-likeness (QED) is 0.804. The highest BCUT2D eigenvalue weighted by Crippen LogP contribution is 2.36. The second kappa shape index (κ2) is 6.47. The number of nitrogens with zero attached hydrogens (tertiary/aromatic N) is 1. The zero-order valence-corrected chi connectivity index (χ0v) is 14.9. The molecular formula is C20H24N2O3. The molecule has 132 valence electrons. The van der Waals surface area contributed by atoms with Crippen LogP contribution in [0.15, 0.2) is 34.5 Å². The van der Waals surface area contributed by atoms with Crippen LogP contribution in [0.1, 0.15) is 45.1 Å². The predicted octanol–water partition coefficient (Wildman–Crippen LogP) is 4.25. The molecule has 0 aliphatic heterocycles. The molecule has 1 fully saturated rings. The summed E-state index contributed by atoms with van der Waals surface area (Å²) in [5.41, 5.74) is 2.32. The first kappa shape index (κ1) is 17.4. The lowest BCUT2D eigenvalue weighted by Crippen LogP contribution is -2.26. The number of aliphatic hydroxyl groups excluding tert-OH is 1. The molecule has 0 radical (unpaired) electrons. The van der Waals surface area contributed by atoms with Crippen molar-refractivity contribution in [1.29, 1.82) is 0 Å². The summed E-state index contributed by atoms with van der Waals surface area (Å²) in [7, 11) is 0. The lowest BCUT2D eigenvalue weighted by atomic mass is 9.77. The third kappa shape index (κ3) is 3.98. The Bertz CT molecular complexity index is 786. The van der Waals surface area contributed by atoms with Crippen molar-refractivity contribution in [2.45, 2.75) is 46.5 Å². The molecule has 0 heterocycles. The molecule has 25 heavy (non-hydrogen) atoms. The summed E-state index contributed by atoms with van der Waals surface area (Å²) in [6.45, 7) is 5.81. The lowest BCUT2D eigenvalue weighted by molar-refractivity contribution is -0.118. The van der Waals surface area contributed by atoms with Gasteiger partial charge in [-0.05, 0) is 42.9 Å². The Morgan fingerprint density at radius 3 is 2.68 bits per heavy atom. The van der Waals surface area contributed by atoms with Gasteiger partial charge in [0, 0.05) is 30.7 Å². The molecular weight excluding hydrogens is 316 g/mol. The molecule has 0 saturated heterocycles. The first-order chi connectivity index (χ1) is 11.8. The smallest absolute Gasteiger partial charge is 0.227 e. The minimum Gasteiger partial charge on any atom is -0.511 e. The molecule has 0 unspecified atom stereocenters. The molecule has 2 N–H and O–H groups in total. The number of carbonyl (C=O) groups is 2. The van der Waals surface area contributed by atoms with Gasteiger partial charge in [-0.1, -0.05) is 19.9 Å². The van der Waals surface area contributed by atoms with Crippen LogP contribution in [0.25, 0.3) is 0 Å². The normalized spacial score (nSPS) is 20.2. The van der Waals surface area contributed by atoms with Gasteiger partial charge >= 0.3 is 0 Å². The fourth-order valence-corrected chi connectivity index (χ4v) is 3.06. The van der Waals surface area contributed by atoms with Crippen molar-refractivity contribution in [1.82, 2.24) is 0 Å². The van der Waals surface area contributed by atoms with Gasteiger partial charge in [0.2, 0.25) is 5.91 Å². The van der Waals surface area contributed by atoms with Crippen LogP contribution in [0.3, 0.4) is 0 Å². The van der Waals surface area contributed by atoms with Gasteiger partial charge in [0.15, 0.2) is 5.78 Å². The summed E-state index contributed by atoms with van der Waals surface area (Å²) in [5, 5.41) is 13.1. The molecule has 0 aromatic heterocycles. The van der Waals surface area contributed by atoms with Crippen LogP contribution in [0.2, 0.25) is 0 Å². The van der Waals surface area contributed by atoms with Crippen molar-refractivity contribution in [3.8, 4) is 0 Å². The number of benzene rings is 1. The van der Waals surface area contributed by atoms with E-state index in [-0.39, 0.29) is 34.4 Å². The highest BCUT2D eigenvalue weighted by Gasteiger charge is 2.32. The first-order valence-electron chi connectivity index (χ1n) is 8.67. The maximum absolute atomic E-state index is 12.3. The minimum absolute atomic E-state index is 0.0503. The van der Waals surface area contributed by atoms with Crippen molar-refractivity contribution in [3.05, 3.63) is 35.1 Å². The molecule has 5 nitrogen and oxygen atoms in total. The van der Waals surface area contributed by atoms with E-state index < -0.39 is 0 Å². The zero-order valence-electron chi connectivity index (χ0n) is 14.9. The standard InChI is InChI=1S/C20H24N2O3/c1-12-15(5-4-6-16(12)22-19(25)13-7-8-13)21-11-14-17(23)9-20(2,3)10-18(14)24/h4-6,11,13,23H,7-10H2,1-3H3,(H,22,25). The zero-order chi connectivity index (χ0) is 18.2. The Morgan fingerprint density at radius 1 is 1.32 bits per heavy atom. The van der Waals surface area contributed by atoms with Gasteiger partial charge in [0.05, 0.1) is 11.3 Å². The Kier molecular flexibility index (Phi) is 4.50. The van der Waals surface area contributed by atoms with Crippen molar-refractivity contribution in [3.63, 3.8) is 0 Å². The summed E-state index contributed by atoms with van der Waals surface area (Å²) in [4.78, 5) is 28.6. The number of hydrogen-bond donors (Lipinski definition) is 2. The topological polar surface area (TPSA) is 78.8 Å². The molecule has 1 saturated carbocycles. The molecule has 2 aliphatic carbocycles. The van der Waals surface area contributed by atoms with Gasteiger partial charge < -0.3 is 10.4 Å². The fraction of sp³-hybridized carbons (Fsp3) is 0.450. The van der Waals surface area contributed by atoms with Gasteiger partial charge in [0.1, 0.15) is 5.76 Å². The number of ketones is 1. The van der Waals surface area contributed by atoms with Crippen LogP contribution in [0.5, 0.6) is 0 Å².